The Morgan fingerprint density at radius 3 is 1.29 bits per heavy atom. The number of nitrogens with zero attached hydrogens (tertiary/aromatic N) is 5. The maximum absolute atomic E-state index is 5.30. The Labute approximate surface area is 368 Å². The van der Waals surface area contributed by atoms with Crippen molar-refractivity contribution in [1.82, 2.24) is 15.0 Å². The molecule has 1 aromatic heterocycles. The second kappa shape index (κ2) is 15.4. The van der Waals surface area contributed by atoms with E-state index in [1.807, 2.05) is 36.4 Å². The highest BCUT2D eigenvalue weighted by molar-refractivity contribution is 7.00. The van der Waals surface area contributed by atoms with Crippen LogP contribution in [0, 0.1) is 0 Å². The first-order chi connectivity index (χ1) is 31.2. The molecule has 3 aliphatic rings. The SMILES string of the molecule is C1=CC(N2c3cc(-c4ccccc4)ccc3B3c4ccc(-c5ccccc5)cc4N(c4ccccc4)c4cc(-c5nc(-c6ccccc6)nc(-c6ccccc6)n5)cc2c43)=CCC1. The lowest BCUT2D eigenvalue weighted by atomic mass is 9.33. The van der Waals surface area contributed by atoms with Crippen molar-refractivity contribution in [1.29, 1.82) is 0 Å². The van der Waals surface area contributed by atoms with Gasteiger partial charge >= 0.3 is 0 Å². The zero-order valence-corrected chi connectivity index (χ0v) is 34.5. The van der Waals surface area contributed by atoms with E-state index in [1.54, 1.807) is 0 Å². The van der Waals surface area contributed by atoms with Crippen LogP contribution in [-0.2, 0) is 0 Å². The number of allylic oxidation sites excluding steroid dienone is 3. The van der Waals surface area contributed by atoms with Crippen molar-refractivity contribution in [3.05, 3.63) is 224 Å². The molecule has 5 nitrogen and oxygen atoms in total. The molecule has 8 aromatic carbocycles. The van der Waals surface area contributed by atoms with Crippen LogP contribution in [0.4, 0.5) is 28.4 Å². The molecule has 1 aliphatic carbocycles. The molecule has 0 spiro atoms. The fourth-order valence-corrected chi connectivity index (χ4v) is 9.58. The monoisotopic (exact) mass is 805 g/mol. The van der Waals surface area contributed by atoms with Crippen molar-refractivity contribution < 1.29 is 0 Å². The van der Waals surface area contributed by atoms with Crippen molar-refractivity contribution in [2.45, 2.75) is 12.8 Å². The van der Waals surface area contributed by atoms with Gasteiger partial charge in [0.15, 0.2) is 17.5 Å². The highest BCUT2D eigenvalue weighted by Gasteiger charge is 2.44. The summed E-state index contributed by atoms with van der Waals surface area (Å²) in [6, 6.07) is 71.5. The third-order valence-electron chi connectivity index (χ3n) is 12.5. The fraction of sp³-hybridized carbons (Fsp3) is 0.0351. The number of hydrogen-bond donors (Lipinski definition) is 0. The molecule has 2 aliphatic heterocycles. The third-order valence-corrected chi connectivity index (χ3v) is 12.5. The minimum atomic E-state index is -0.0498. The summed E-state index contributed by atoms with van der Waals surface area (Å²) in [5.74, 6) is 1.88. The minimum absolute atomic E-state index is 0.0498. The Balaban J connectivity index is 1.18. The zero-order chi connectivity index (χ0) is 41.7. The van der Waals surface area contributed by atoms with Crippen molar-refractivity contribution in [2.24, 2.45) is 0 Å². The first kappa shape index (κ1) is 36.7. The van der Waals surface area contributed by atoms with Gasteiger partial charge in [-0.15, -0.1) is 0 Å². The number of anilines is 5. The maximum Gasteiger partial charge on any atom is 0.252 e. The first-order valence-corrected chi connectivity index (χ1v) is 21.7. The van der Waals surface area contributed by atoms with Gasteiger partial charge in [0.05, 0.1) is 0 Å². The van der Waals surface area contributed by atoms with Crippen LogP contribution < -0.4 is 26.2 Å². The molecule has 3 heterocycles. The molecular formula is C57H40BN5. The second-order valence-corrected chi connectivity index (χ2v) is 16.3. The van der Waals surface area contributed by atoms with Gasteiger partial charge in [0, 0.05) is 50.8 Å². The van der Waals surface area contributed by atoms with Gasteiger partial charge < -0.3 is 9.80 Å². The predicted octanol–water partition coefficient (Wildman–Crippen LogP) is 12.2. The van der Waals surface area contributed by atoms with Gasteiger partial charge in [-0.25, -0.2) is 15.0 Å². The normalized spacial score (nSPS) is 13.5. The van der Waals surface area contributed by atoms with Crippen LogP contribution >= 0.6 is 0 Å². The number of fused-ring (bicyclic) bond motifs is 4. The summed E-state index contributed by atoms with van der Waals surface area (Å²) in [6.45, 7) is -0.0498. The Morgan fingerprint density at radius 2 is 0.794 bits per heavy atom. The molecule has 0 bridgehead atoms. The summed E-state index contributed by atoms with van der Waals surface area (Å²) in [4.78, 5) is 20.7. The van der Waals surface area contributed by atoms with E-state index >= 15 is 0 Å². The molecule has 0 unspecified atom stereocenters. The second-order valence-electron chi connectivity index (χ2n) is 16.3. The van der Waals surface area contributed by atoms with E-state index in [0.717, 1.165) is 58.0 Å². The highest BCUT2D eigenvalue weighted by Crippen LogP contribution is 2.46. The molecule has 63 heavy (non-hydrogen) atoms. The number of benzene rings is 8. The molecule has 0 atom stereocenters. The van der Waals surface area contributed by atoms with Crippen molar-refractivity contribution >= 4 is 51.5 Å². The zero-order valence-electron chi connectivity index (χ0n) is 34.5. The van der Waals surface area contributed by atoms with E-state index in [-0.39, 0.29) is 6.71 Å². The summed E-state index contributed by atoms with van der Waals surface area (Å²) < 4.78 is 0. The van der Waals surface area contributed by atoms with E-state index in [9.17, 15) is 0 Å². The minimum Gasteiger partial charge on any atom is -0.312 e. The Morgan fingerprint density at radius 1 is 0.365 bits per heavy atom. The van der Waals surface area contributed by atoms with Gasteiger partial charge in [-0.1, -0.05) is 176 Å². The lowest BCUT2D eigenvalue weighted by Gasteiger charge is -2.45. The Hall–Kier alpha value is -8.09. The van der Waals surface area contributed by atoms with Crippen LogP contribution in [0.3, 0.4) is 0 Å². The molecule has 6 heteroatoms. The number of aromatic nitrogens is 3. The van der Waals surface area contributed by atoms with E-state index in [2.05, 4.69) is 192 Å². The van der Waals surface area contributed by atoms with Gasteiger partial charge in [0.1, 0.15) is 0 Å². The van der Waals surface area contributed by atoms with Gasteiger partial charge in [-0.05, 0) is 94.0 Å². The highest BCUT2D eigenvalue weighted by atomic mass is 15.2. The van der Waals surface area contributed by atoms with Crippen LogP contribution in [0.5, 0.6) is 0 Å². The average molecular weight is 806 g/mol. The van der Waals surface area contributed by atoms with E-state index in [1.165, 1.54) is 44.3 Å². The topological polar surface area (TPSA) is 45.2 Å². The quantitative estimate of drug-likeness (QED) is 0.150. The number of rotatable bonds is 7. The van der Waals surface area contributed by atoms with Crippen molar-refractivity contribution in [3.8, 4) is 56.4 Å². The summed E-state index contributed by atoms with van der Waals surface area (Å²) >= 11 is 0. The standard InChI is InChI=1S/C57H40BN5/c1-7-19-39(20-8-1)43-31-33-48-50(35-43)62(46-27-15-5-16-28-46)52-37-45(57-60-55(41-23-11-3-12-24-41)59-56(61-57)42-25-13-4-14-26-42)38-53-54(52)58(48)49-34-32-44(40-21-9-2-10-22-40)36-51(49)63(53)47-29-17-6-18-30-47/h1-5,7-17,19-38H,6,18H2. The molecule has 0 radical (unpaired) electrons. The predicted molar refractivity (Wildman–Crippen MR) is 261 cm³/mol. The molecule has 12 rings (SSSR count). The van der Waals surface area contributed by atoms with Crippen LogP contribution in [0.15, 0.2) is 224 Å². The molecule has 9 aromatic rings. The van der Waals surface area contributed by atoms with E-state index in [0.29, 0.717) is 17.5 Å². The first-order valence-electron chi connectivity index (χ1n) is 21.7. The van der Waals surface area contributed by atoms with Gasteiger partial charge in [-0.3, -0.25) is 0 Å². The molecule has 296 valence electrons. The van der Waals surface area contributed by atoms with Crippen LogP contribution in [0.25, 0.3) is 56.4 Å². The van der Waals surface area contributed by atoms with E-state index < -0.39 is 0 Å². The molecule has 0 fully saturated rings. The lowest BCUT2D eigenvalue weighted by Crippen LogP contribution is -2.61. The van der Waals surface area contributed by atoms with Crippen LogP contribution in [0.1, 0.15) is 12.8 Å². The average Bonchev–Trinajstić information content (AvgIpc) is 3.37. The van der Waals surface area contributed by atoms with Gasteiger partial charge in [0.25, 0.3) is 6.71 Å². The molecule has 0 amide bonds. The fourth-order valence-electron chi connectivity index (χ4n) is 9.58. The molecule has 0 N–H and O–H groups in total. The molecular weight excluding hydrogens is 765 g/mol. The number of para-hydroxylation sites is 1. The Bertz CT molecular complexity index is 3170. The summed E-state index contributed by atoms with van der Waals surface area (Å²) in [7, 11) is 0. The largest absolute Gasteiger partial charge is 0.312 e. The van der Waals surface area contributed by atoms with Crippen LogP contribution in [-0.4, -0.2) is 21.7 Å². The third kappa shape index (κ3) is 6.47. The summed E-state index contributed by atoms with van der Waals surface area (Å²) in [5.41, 5.74) is 18.1. The van der Waals surface area contributed by atoms with Crippen molar-refractivity contribution in [2.75, 3.05) is 9.80 Å². The Kier molecular flexibility index (Phi) is 9.00. The van der Waals surface area contributed by atoms with Gasteiger partial charge in [-0.2, -0.15) is 0 Å². The molecule has 0 saturated carbocycles. The van der Waals surface area contributed by atoms with Crippen LogP contribution in [0.2, 0.25) is 0 Å². The maximum atomic E-state index is 5.30. The van der Waals surface area contributed by atoms with E-state index in [4.69, 9.17) is 15.0 Å². The summed E-state index contributed by atoms with van der Waals surface area (Å²) in [5, 5.41) is 0. The lowest BCUT2D eigenvalue weighted by molar-refractivity contribution is 0.997. The number of hydrogen-bond acceptors (Lipinski definition) is 5. The summed E-state index contributed by atoms with van der Waals surface area (Å²) in [6.07, 6.45) is 8.98. The van der Waals surface area contributed by atoms with Crippen molar-refractivity contribution in [3.63, 3.8) is 0 Å². The molecule has 0 saturated heterocycles. The van der Waals surface area contributed by atoms with Gasteiger partial charge in [0.2, 0.25) is 0 Å². The smallest absolute Gasteiger partial charge is 0.252 e.